The van der Waals surface area contributed by atoms with Gasteiger partial charge in [0, 0.05) is 32.2 Å². The molecule has 5 rings (SSSR count). The summed E-state index contributed by atoms with van der Waals surface area (Å²) in [5.41, 5.74) is 4.76. The van der Waals surface area contributed by atoms with Crippen LogP contribution in [-0.4, -0.2) is 43.3 Å². The first kappa shape index (κ1) is 19.5. The predicted molar refractivity (Wildman–Crippen MR) is 120 cm³/mol. The van der Waals surface area contributed by atoms with Crippen LogP contribution < -0.4 is 0 Å². The molecule has 1 fully saturated rings. The fourth-order valence-electron chi connectivity index (χ4n) is 4.67. The topological polar surface area (TPSA) is 40.6 Å². The van der Waals surface area contributed by atoms with Crippen LogP contribution in [0.2, 0.25) is 0 Å². The molecule has 2 aliphatic heterocycles. The molecule has 3 aromatic rings. The average molecular weight is 419 g/mol. The number of sulfonamides is 1. The van der Waals surface area contributed by atoms with Crippen LogP contribution >= 0.6 is 0 Å². The van der Waals surface area contributed by atoms with Crippen LogP contribution in [0.1, 0.15) is 17.5 Å². The van der Waals surface area contributed by atoms with E-state index in [4.69, 9.17) is 0 Å². The van der Waals surface area contributed by atoms with Gasteiger partial charge in [0.2, 0.25) is 10.0 Å². The van der Waals surface area contributed by atoms with E-state index in [1.54, 1.807) is 16.4 Å². The van der Waals surface area contributed by atoms with E-state index in [1.165, 1.54) is 11.1 Å². The molecule has 0 amide bonds. The Bertz CT molecular complexity index is 1140. The van der Waals surface area contributed by atoms with Crippen LogP contribution in [0.3, 0.4) is 0 Å². The molecule has 2 aliphatic rings. The normalized spacial score (nSPS) is 20.2. The molecule has 2 heterocycles. The highest BCUT2D eigenvalue weighted by molar-refractivity contribution is 7.89. The highest BCUT2D eigenvalue weighted by Crippen LogP contribution is 2.29. The first-order valence-corrected chi connectivity index (χ1v) is 12.0. The zero-order valence-electron chi connectivity index (χ0n) is 16.9. The van der Waals surface area contributed by atoms with E-state index < -0.39 is 10.0 Å². The van der Waals surface area contributed by atoms with Crippen LogP contribution in [0, 0.1) is 0 Å². The summed E-state index contributed by atoms with van der Waals surface area (Å²) in [7, 11) is -3.49. The van der Waals surface area contributed by atoms with Gasteiger partial charge < -0.3 is 0 Å². The molecule has 4 nitrogen and oxygen atoms in total. The lowest BCUT2D eigenvalue weighted by Crippen LogP contribution is -2.41. The van der Waals surface area contributed by atoms with Crippen molar-refractivity contribution < 1.29 is 8.42 Å². The van der Waals surface area contributed by atoms with E-state index in [2.05, 4.69) is 29.2 Å². The summed E-state index contributed by atoms with van der Waals surface area (Å²) in [6.45, 7) is 3.07. The minimum atomic E-state index is -3.49. The number of hydrogen-bond acceptors (Lipinski definition) is 3. The van der Waals surface area contributed by atoms with Gasteiger partial charge in [-0.1, -0.05) is 66.7 Å². The standard InChI is InChI=1S/C25H26N2O2S/c28-30(29,25-12-6-11-22(17-25)20-7-2-1-3-8-20)27-16-14-24(19-27)26-15-13-21-9-4-5-10-23(21)18-26/h1-12,17,24H,13-16,18-19H2. The highest BCUT2D eigenvalue weighted by atomic mass is 32.2. The SMILES string of the molecule is O=S(=O)(c1cccc(-c2ccccc2)c1)N1CCC(N2CCc3ccccc3C2)C1. The Morgan fingerprint density at radius 1 is 0.767 bits per heavy atom. The van der Waals surface area contributed by atoms with Crippen LogP contribution in [0.5, 0.6) is 0 Å². The van der Waals surface area contributed by atoms with Gasteiger partial charge in [0.05, 0.1) is 4.90 Å². The zero-order valence-corrected chi connectivity index (χ0v) is 17.8. The molecule has 1 atom stereocenters. The summed E-state index contributed by atoms with van der Waals surface area (Å²) in [6.07, 6.45) is 1.93. The Morgan fingerprint density at radius 3 is 2.33 bits per heavy atom. The van der Waals surface area contributed by atoms with Gasteiger partial charge in [-0.25, -0.2) is 8.42 Å². The molecular weight excluding hydrogens is 392 g/mol. The van der Waals surface area contributed by atoms with Crippen molar-refractivity contribution in [3.05, 3.63) is 90.0 Å². The third kappa shape index (κ3) is 3.69. The average Bonchev–Trinajstić information content (AvgIpc) is 3.31. The summed E-state index contributed by atoms with van der Waals surface area (Å²) in [5.74, 6) is 0. The third-order valence-electron chi connectivity index (χ3n) is 6.38. The molecule has 3 aromatic carbocycles. The van der Waals surface area contributed by atoms with Gasteiger partial charge >= 0.3 is 0 Å². The number of rotatable bonds is 4. The van der Waals surface area contributed by atoms with Gasteiger partial charge in [-0.15, -0.1) is 0 Å². The molecule has 0 aromatic heterocycles. The third-order valence-corrected chi connectivity index (χ3v) is 8.24. The van der Waals surface area contributed by atoms with Crippen molar-refractivity contribution in [2.45, 2.75) is 30.3 Å². The summed E-state index contributed by atoms with van der Waals surface area (Å²) < 4.78 is 28.4. The van der Waals surface area contributed by atoms with Crippen molar-refractivity contribution in [3.8, 4) is 11.1 Å². The largest absolute Gasteiger partial charge is 0.294 e. The molecular formula is C25H26N2O2S. The zero-order chi connectivity index (χ0) is 20.6. The number of nitrogens with zero attached hydrogens (tertiary/aromatic N) is 2. The second-order valence-corrected chi connectivity index (χ2v) is 10.1. The van der Waals surface area contributed by atoms with E-state index in [-0.39, 0.29) is 6.04 Å². The minimum absolute atomic E-state index is 0.283. The van der Waals surface area contributed by atoms with E-state index >= 15 is 0 Å². The molecule has 0 radical (unpaired) electrons. The van der Waals surface area contributed by atoms with Crippen LogP contribution in [0.25, 0.3) is 11.1 Å². The van der Waals surface area contributed by atoms with Crippen LogP contribution in [0.15, 0.2) is 83.8 Å². The van der Waals surface area contributed by atoms with E-state index in [1.807, 2.05) is 42.5 Å². The Kier molecular flexibility index (Phi) is 5.19. The maximum absolute atomic E-state index is 13.4. The molecule has 0 saturated carbocycles. The second kappa shape index (κ2) is 7.99. The molecule has 0 spiro atoms. The van der Waals surface area contributed by atoms with Crippen LogP contribution in [-0.2, 0) is 23.0 Å². The highest BCUT2D eigenvalue weighted by Gasteiger charge is 2.36. The maximum Gasteiger partial charge on any atom is 0.243 e. The second-order valence-electron chi connectivity index (χ2n) is 8.19. The van der Waals surface area contributed by atoms with Gasteiger partial charge in [0.25, 0.3) is 0 Å². The fourth-order valence-corrected chi connectivity index (χ4v) is 6.21. The number of benzene rings is 3. The van der Waals surface area contributed by atoms with Crippen molar-refractivity contribution in [2.75, 3.05) is 19.6 Å². The lowest BCUT2D eigenvalue weighted by atomic mass is 9.98. The quantitative estimate of drug-likeness (QED) is 0.638. The maximum atomic E-state index is 13.4. The van der Waals surface area contributed by atoms with Gasteiger partial charge in [-0.05, 0) is 47.2 Å². The lowest BCUT2D eigenvalue weighted by Gasteiger charge is -2.33. The van der Waals surface area contributed by atoms with Gasteiger partial charge in [-0.3, -0.25) is 4.90 Å². The molecule has 1 saturated heterocycles. The molecule has 0 bridgehead atoms. The summed E-state index contributed by atoms with van der Waals surface area (Å²) in [4.78, 5) is 2.84. The predicted octanol–water partition coefficient (Wildman–Crippen LogP) is 4.17. The van der Waals surface area contributed by atoms with Crippen molar-refractivity contribution >= 4 is 10.0 Å². The Balaban J connectivity index is 1.33. The summed E-state index contributed by atoms with van der Waals surface area (Å²) in [5, 5.41) is 0. The fraction of sp³-hybridized carbons (Fsp3) is 0.280. The molecule has 5 heteroatoms. The summed E-state index contributed by atoms with van der Waals surface area (Å²) in [6, 6.07) is 26.1. The van der Waals surface area contributed by atoms with Crippen molar-refractivity contribution in [1.82, 2.24) is 9.21 Å². The Labute approximate surface area is 178 Å². The molecule has 0 aliphatic carbocycles. The van der Waals surface area contributed by atoms with E-state index in [0.29, 0.717) is 18.0 Å². The number of fused-ring (bicyclic) bond motifs is 1. The Hall–Kier alpha value is -2.47. The first-order valence-electron chi connectivity index (χ1n) is 10.6. The van der Waals surface area contributed by atoms with Crippen molar-refractivity contribution in [2.24, 2.45) is 0 Å². The monoisotopic (exact) mass is 418 g/mol. The molecule has 1 unspecified atom stereocenters. The van der Waals surface area contributed by atoms with Gasteiger partial charge in [0.1, 0.15) is 0 Å². The molecule has 0 N–H and O–H groups in total. The van der Waals surface area contributed by atoms with Crippen molar-refractivity contribution in [3.63, 3.8) is 0 Å². The smallest absolute Gasteiger partial charge is 0.243 e. The van der Waals surface area contributed by atoms with Gasteiger partial charge in [0.15, 0.2) is 0 Å². The minimum Gasteiger partial charge on any atom is -0.294 e. The number of hydrogen-bond donors (Lipinski definition) is 0. The molecule has 30 heavy (non-hydrogen) atoms. The van der Waals surface area contributed by atoms with Gasteiger partial charge in [-0.2, -0.15) is 4.31 Å². The van der Waals surface area contributed by atoms with Crippen molar-refractivity contribution in [1.29, 1.82) is 0 Å². The van der Waals surface area contributed by atoms with E-state index in [0.717, 1.165) is 37.1 Å². The summed E-state index contributed by atoms with van der Waals surface area (Å²) >= 11 is 0. The lowest BCUT2D eigenvalue weighted by molar-refractivity contribution is 0.185. The van der Waals surface area contributed by atoms with E-state index in [9.17, 15) is 8.42 Å². The van der Waals surface area contributed by atoms with Crippen LogP contribution in [0.4, 0.5) is 0 Å². The Morgan fingerprint density at radius 2 is 1.50 bits per heavy atom. The first-order chi connectivity index (χ1) is 14.6. The molecule has 154 valence electrons.